The van der Waals surface area contributed by atoms with Gasteiger partial charge in [0.25, 0.3) is 5.91 Å². The Bertz CT molecular complexity index is 1470. The number of phenols is 1. The second-order valence-electron chi connectivity index (χ2n) is 12.7. The molecule has 1 aromatic rings. The lowest BCUT2D eigenvalue weighted by Gasteiger charge is -2.50. The van der Waals surface area contributed by atoms with Crippen molar-refractivity contribution < 1.29 is 39.6 Å². The molecule has 0 spiro atoms. The zero-order valence-electron chi connectivity index (χ0n) is 25.6. The molecule has 3 aliphatic rings. The van der Waals surface area contributed by atoms with E-state index in [1.807, 2.05) is 20.8 Å². The molecule has 13 nitrogen and oxygen atoms in total. The molecule has 4 atom stereocenters. The summed E-state index contributed by atoms with van der Waals surface area (Å²) in [6, 6.07) is 0.487. The summed E-state index contributed by atoms with van der Waals surface area (Å²) in [5, 5.41) is 51.1. The number of allylic oxidation sites excluding steroid dienone is 1. The maximum Gasteiger partial charge on any atom is 0.255 e. The molecule has 0 unspecified atom stereocenters. The van der Waals surface area contributed by atoms with Crippen LogP contribution < -0.4 is 21.3 Å². The van der Waals surface area contributed by atoms with E-state index in [4.69, 9.17) is 5.73 Å². The molecule has 2 amide bonds. The second-order valence-corrected chi connectivity index (χ2v) is 12.7. The first kappa shape index (κ1) is 36.8. The van der Waals surface area contributed by atoms with E-state index in [2.05, 4.69) is 10.6 Å². The second kappa shape index (κ2) is 12.6. The van der Waals surface area contributed by atoms with Crippen molar-refractivity contribution in [2.75, 3.05) is 45.0 Å². The van der Waals surface area contributed by atoms with E-state index < -0.39 is 69.7 Å². The van der Waals surface area contributed by atoms with Crippen molar-refractivity contribution in [1.82, 2.24) is 10.2 Å². The number of ketones is 2. The zero-order chi connectivity index (χ0) is 31.6. The lowest BCUT2D eigenvalue weighted by Crippen LogP contribution is -2.63. The Balaban J connectivity index is 0.00000337. The molecule has 0 aromatic heterocycles. The van der Waals surface area contributed by atoms with Crippen LogP contribution in [0.4, 0.5) is 11.4 Å². The van der Waals surface area contributed by atoms with E-state index in [1.54, 1.807) is 39.2 Å². The summed E-state index contributed by atoms with van der Waals surface area (Å²) in [4.78, 5) is 55.6. The Morgan fingerprint density at radius 1 is 1.09 bits per heavy atom. The van der Waals surface area contributed by atoms with Gasteiger partial charge in [-0.15, -0.1) is 24.8 Å². The number of aliphatic hydroxyl groups is 3. The lowest BCUT2D eigenvalue weighted by atomic mass is 9.58. The van der Waals surface area contributed by atoms with Crippen LogP contribution in [0.5, 0.6) is 5.75 Å². The summed E-state index contributed by atoms with van der Waals surface area (Å²) in [6.45, 7) is 5.60. The number of likely N-dealkylation sites (N-methyl/N-ethyl adjacent to an activating group) is 1. The summed E-state index contributed by atoms with van der Waals surface area (Å²) < 4.78 is 0. The number of aliphatic hydroxyl groups excluding tert-OH is 2. The third kappa shape index (κ3) is 5.86. The number of phenolic OH excluding ortho intramolecular Hbond substituents is 1. The number of benzene rings is 1. The van der Waals surface area contributed by atoms with Gasteiger partial charge in [0.1, 0.15) is 17.1 Å². The third-order valence-corrected chi connectivity index (χ3v) is 8.23. The van der Waals surface area contributed by atoms with Gasteiger partial charge in [0.05, 0.1) is 23.8 Å². The van der Waals surface area contributed by atoms with Crippen molar-refractivity contribution in [3.63, 3.8) is 0 Å². The molecule has 44 heavy (non-hydrogen) atoms. The highest BCUT2D eigenvalue weighted by atomic mass is 35.5. The van der Waals surface area contributed by atoms with Crippen LogP contribution in [0.25, 0.3) is 0 Å². The smallest absolute Gasteiger partial charge is 0.255 e. The number of hydrogen-bond acceptors (Lipinski definition) is 11. The molecular formula is C29H41Cl2N5O8. The van der Waals surface area contributed by atoms with Crippen molar-refractivity contribution in [2.45, 2.75) is 50.8 Å². The predicted octanol–water partition coefficient (Wildman–Crippen LogP) is 1.36. The van der Waals surface area contributed by atoms with Crippen LogP contribution >= 0.6 is 24.8 Å². The average Bonchev–Trinajstić information content (AvgIpc) is 2.85. The van der Waals surface area contributed by atoms with E-state index >= 15 is 0 Å². The van der Waals surface area contributed by atoms with Gasteiger partial charge in [0.2, 0.25) is 11.7 Å². The highest BCUT2D eigenvalue weighted by molar-refractivity contribution is 6.25. The number of halogens is 2. The van der Waals surface area contributed by atoms with Gasteiger partial charge in [-0.05, 0) is 65.3 Å². The van der Waals surface area contributed by atoms with Crippen molar-refractivity contribution in [1.29, 1.82) is 0 Å². The van der Waals surface area contributed by atoms with E-state index in [9.17, 15) is 39.6 Å². The predicted molar refractivity (Wildman–Crippen MR) is 169 cm³/mol. The molecule has 1 aromatic carbocycles. The summed E-state index contributed by atoms with van der Waals surface area (Å²) in [5.41, 5.74) is 1.96. The molecule has 4 rings (SSSR count). The number of nitrogens with zero attached hydrogens (tertiary/aromatic N) is 2. The molecule has 8 N–H and O–H groups in total. The van der Waals surface area contributed by atoms with Crippen molar-refractivity contribution in [3.05, 3.63) is 39.9 Å². The van der Waals surface area contributed by atoms with Crippen LogP contribution in [0.3, 0.4) is 0 Å². The lowest BCUT2D eigenvalue weighted by molar-refractivity contribution is -0.148. The Morgan fingerprint density at radius 2 is 1.68 bits per heavy atom. The fourth-order valence-corrected chi connectivity index (χ4v) is 6.33. The minimum absolute atomic E-state index is 0. The minimum atomic E-state index is -2.73. The Morgan fingerprint density at radius 3 is 2.18 bits per heavy atom. The number of hydrogen-bond donors (Lipinski definition) is 7. The van der Waals surface area contributed by atoms with Gasteiger partial charge in [0.15, 0.2) is 17.1 Å². The molecule has 0 aliphatic heterocycles. The first-order valence-corrected chi connectivity index (χ1v) is 13.6. The van der Waals surface area contributed by atoms with Gasteiger partial charge in [-0.1, -0.05) is 0 Å². The highest BCUT2D eigenvalue weighted by Gasteiger charge is 2.63. The number of carbonyl (C=O) groups excluding carboxylic acids is 4. The summed E-state index contributed by atoms with van der Waals surface area (Å²) in [6.07, 6.45) is 0.117. The highest BCUT2D eigenvalue weighted by Crippen LogP contribution is 2.53. The largest absolute Gasteiger partial charge is 0.510 e. The maximum absolute atomic E-state index is 14.1. The molecule has 0 fully saturated rings. The van der Waals surface area contributed by atoms with Gasteiger partial charge < -0.3 is 41.7 Å². The summed E-state index contributed by atoms with van der Waals surface area (Å²) in [5.74, 6) is -7.79. The molecule has 0 bridgehead atoms. The van der Waals surface area contributed by atoms with Gasteiger partial charge in [-0.3, -0.25) is 24.1 Å². The monoisotopic (exact) mass is 657 g/mol. The van der Waals surface area contributed by atoms with E-state index in [0.717, 1.165) is 0 Å². The standard InChI is InChI=1S/C29H39N5O8.2ClH/c1-28(2,3)31-11-17(35)32-15-10-16(33(4)5)13-8-12-9-14-21(34(6)7)24(38)20(27(30)41)26(40)29(14,42)25(39)18(12)23(37)19(13)22(15)36;;/h10,12,14,21,31,36,38-39,42H,8-9,11H2,1-7H3,(H2,30,41)(H,32,35);2*1H/t12-,14-,21-,29-;;/m0../s1. The van der Waals surface area contributed by atoms with Crippen LogP contribution in [0, 0.1) is 11.8 Å². The number of nitrogens with one attached hydrogen (secondary N) is 2. The Kier molecular flexibility index (Phi) is 10.5. The first-order valence-electron chi connectivity index (χ1n) is 13.6. The van der Waals surface area contributed by atoms with Gasteiger partial charge in [0, 0.05) is 36.8 Å². The Hall–Kier alpha value is -3.36. The number of aromatic hydroxyl groups is 1. The average molecular weight is 659 g/mol. The van der Waals surface area contributed by atoms with Crippen molar-refractivity contribution in [3.8, 4) is 5.75 Å². The number of carbonyl (C=O) groups is 4. The molecular weight excluding hydrogens is 617 g/mol. The van der Waals surface area contributed by atoms with Crippen molar-refractivity contribution >= 4 is 59.6 Å². The quantitative estimate of drug-likeness (QED) is 0.172. The molecule has 244 valence electrons. The van der Waals surface area contributed by atoms with Crippen LogP contribution in [-0.2, 0) is 20.8 Å². The fourth-order valence-electron chi connectivity index (χ4n) is 6.33. The van der Waals surface area contributed by atoms with E-state index in [0.29, 0.717) is 11.3 Å². The molecule has 15 heteroatoms. The molecule has 0 heterocycles. The number of fused-ring (bicyclic) bond motifs is 3. The van der Waals surface area contributed by atoms with Crippen molar-refractivity contribution in [2.24, 2.45) is 17.6 Å². The van der Waals surface area contributed by atoms with E-state index in [-0.39, 0.29) is 66.6 Å². The number of primary amides is 1. The first-order chi connectivity index (χ1) is 19.3. The SMILES string of the molecule is CN(C)c1cc(NC(=O)CNC(C)(C)C)c(O)c2c1C[C@H]1C[C@H]3[C@H](N(C)C)C(O)=C(C(N)=O)C(=O)[C@@]3(O)C(O)=C1C2=O.Cl.Cl. The fraction of sp³-hybridized carbons (Fsp3) is 0.517. The summed E-state index contributed by atoms with van der Waals surface area (Å²) in [7, 11) is 6.62. The molecule has 0 radical (unpaired) electrons. The maximum atomic E-state index is 14.1. The topological polar surface area (TPSA) is 206 Å². The number of nitrogens with two attached hydrogens (primary N) is 1. The van der Waals surface area contributed by atoms with Crippen LogP contribution in [0.2, 0.25) is 0 Å². The number of Topliss-reactive ketones (excluding diaryl/α,β-unsaturated/α-hetero) is 2. The van der Waals surface area contributed by atoms with Crippen LogP contribution in [-0.4, -0.2) is 101 Å². The van der Waals surface area contributed by atoms with Crippen LogP contribution in [0.1, 0.15) is 43.1 Å². The molecule has 0 saturated heterocycles. The zero-order valence-corrected chi connectivity index (χ0v) is 27.3. The van der Waals surface area contributed by atoms with E-state index in [1.165, 1.54) is 4.90 Å². The normalized spacial score (nSPS) is 24.5. The van der Waals surface area contributed by atoms with Gasteiger partial charge in [-0.25, -0.2) is 0 Å². The third-order valence-electron chi connectivity index (χ3n) is 8.23. The minimum Gasteiger partial charge on any atom is -0.510 e. The van der Waals surface area contributed by atoms with Gasteiger partial charge in [-0.2, -0.15) is 0 Å². The molecule has 0 saturated carbocycles. The van der Waals surface area contributed by atoms with Gasteiger partial charge >= 0.3 is 0 Å². The Labute approximate surface area is 268 Å². The number of rotatable bonds is 6. The summed E-state index contributed by atoms with van der Waals surface area (Å²) >= 11 is 0. The van der Waals surface area contributed by atoms with Crippen LogP contribution in [0.15, 0.2) is 28.7 Å². The number of anilines is 2. The molecule has 3 aliphatic carbocycles. The number of amides is 2.